The molecule has 1 atom stereocenters. The molecule has 0 aromatic heterocycles. The topological polar surface area (TPSA) is 83.5 Å². The van der Waals surface area contributed by atoms with Gasteiger partial charge in [-0.15, -0.1) is 0 Å². The first kappa shape index (κ1) is 13.4. The zero-order valence-electron chi connectivity index (χ0n) is 8.81. The van der Waals surface area contributed by atoms with Crippen molar-refractivity contribution in [3.63, 3.8) is 0 Å². The lowest BCUT2D eigenvalue weighted by Gasteiger charge is -2.18. The van der Waals surface area contributed by atoms with Crippen molar-refractivity contribution in [2.75, 3.05) is 0 Å². The Kier molecular flexibility index (Phi) is 4.54. The highest BCUT2D eigenvalue weighted by atomic mass is 32.2. The fourth-order valence-electron chi connectivity index (χ4n) is 1.15. The number of hydrogen-bond acceptors (Lipinski definition) is 3. The molecule has 0 saturated heterocycles. The van der Waals surface area contributed by atoms with Crippen molar-refractivity contribution >= 4 is 16.0 Å². The van der Waals surface area contributed by atoms with E-state index in [1.54, 1.807) is 27.7 Å². The highest BCUT2D eigenvalue weighted by Gasteiger charge is 2.34. The van der Waals surface area contributed by atoms with Crippen LogP contribution in [0.3, 0.4) is 0 Å². The lowest BCUT2D eigenvalue weighted by atomic mass is 10.1. The van der Waals surface area contributed by atoms with Gasteiger partial charge in [0.2, 0.25) is 5.91 Å². The van der Waals surface area contributed by atoms with Crippen molar-refractivity contribution in [2.24, 2.45) is 5.92 Å². The first-order valence-corrected chi connectivity index (χ1v) is 5.93. The monoisotopic (exact) mass is 223 g/mol. The van der Waals surface area contributed by atoms with Gasteiger partial charge < -0.3 is 5.32 Å². The summed E-state index contributed by atoms with van der Waals surface area (Å²) in [7, 11) is -4.32. The first-order valence-electron chi connectivity index (χ1n) is 4.43. The maximum atomic E-state index is 11.4. The number of hydrogen-bond donors (Lipinski definition) is 2. The van der Waals surface area contributed by atoms with E-state index in [0.717, 1.165) is 0 Å². The highest BCUT2D eigenvalue weighted by molar-refractivity contribution is 7.87. The Morgan fingerprint density at radius 3 is 1.86 bits per heavy atom. The van der Waals surface area contributed by atoms with E-state index < -0.39 is 27.2 Å². The van der Waals surface area contributed by atoms with Crippen LogP contribution in [0.5, 0.6) is 0 Å². The van der Waals surface area contributed by atoms with Crippen molar-refractivity contribution < 1.29 is 17.8 Å². The number of rotatable bonds is 4. The fourth-order valence-corrected chi connectivity index (χ4v) is 2.18. The maximum absolute atomic E-state index is 11.4. The Labute approximate surface area is 84.6 Å². The van der Waals surface area contributed by atoms with Gasteiger partial charge in [-0.3, -0.25) is 9.35 Å². The van der Waals surface area contributed by atoms with E-state index in [1.165, 1.54) is 0 Å². The van der Waals surface area contributed by atoms with Gasteiger partial charge in [0.25, 0.3) is 10.1 Å². The fraction of sp³-hybridized carbons (Fsp3) is 0.875. The van der Waals surface area contributed by atoms with Crippen molar-refractivity contribution in [3.8, 4) is 0 Å². The van der Waals surface area contributed by atoms with Crippen LogP contribution in [0.2, 0.25) is 0 Å². The molecule has 5 nitrogen and oxygen atoms in total. The molecule has 0 fully saturated rings. The second kappa shape index (κ2) is 4.75. The summed E-state index contributed by atoms with van der Waals surface area (Å²) in [5, 5.41) is 1.07. The minimum Gasteiger partial charge on any atom is -0.353 e. The second-order valence-electron chi connectivity index (χ2n) is 3.84. The van der Waals surface area contributed by atoms with Crippen LogP contribution in [0, 0.1) is 5.92 Å². The molecule has 0 spiro atoms. The van der Waals surface area contributed by atoms with Crippen LogP contribution in [0.25, 0.3) is 0 Å². The Bertz CT molecular complexity index is 294. The largest absolute Gasteiger partial charge is 0.353 e. The van der Waals surface area contributed by atoms with Gasteiger partial charge in [0, 0.05) is 6.04 Å². The van der Waals surface area contributed by atoms with E-state index in [9.17, 15) is 13.2 Å². The highest BCUT2D eigenvalue weighted by Crippen LogP contribution is 2.11. The standard InChI is InChI=1S/C8H17NO4S/c1-5(2)7(14(11,12)13)8(10)9-6(3)4/h5-7H,1-4H3,(H,9,10)(H,11,12,13). The number of nitrogens with one attached hydrogen (secondary N) is 1. The van der Waals surface area contributed by atoms with E-state index in [4.69, 9.17) is 4.55 Å². The van der Waals surface area contributed by atoms with E-state index in [0.29, 0.717) is 0 Å². The summed E-state index contributed by atoms with van der Waals surface area (Å²) in [6.45, 7) is 6.58. The van der Waals surface area contributed by atoms with Gasteiger partial charge >= 0.3 is 0 Å². The molecule has 6 heteroatoms. The number of amides is 1. The van der Waals surface area contributed by atoms with E-state index in [2.05, 4.69) is 5.32 Å². The third-order valence-electron chi connectivity index (χ3n) is 1.62. The zero-order valence-corrected chi connectivity index (χ0v) is 9.63. The lowest BCUT2D eigenvalue weighted by Crippen LogP contribution is -2.45. The summed E-state index contributed by atoms with van der Waals surface area (Å²) in [5.74, 6) is -1.11. The minimum absolute atomic E-state index is 0.148. The molecule has 2 N–H and O–H groups in total. The van der Waals surface area contributed by atoms with Gasteiger partial charge in [-0.25, -0.2) is 0 Å². The Morgan fingerprint density at radius 1 is 1.21 bits per heavy atom. The molecule has 0 aliphatic heterocycles. The molecule has 1 amide bonds. The molecule has 0 aromatic carbocycles. The molecule has 0 aromatic rings. The van der Waals surface area contributed by atoms with Gasteiger partial charge in [0.05, 0.1) is 0 Å². The Hall–Kier alpha value is -0.620. The molecule has 0 saturated carbocycles. The van der Waals surface area contributed by atoms with Crippen LogP contribution in [0.4, 0.5) is 0 Å². The van der Waals surface area contributed by atoms with Crippen LogP contribution in [-0.4, -0.2) is 30.2 Å². The predicted molar refractivity (Wildman–Crippen MR) is 53.5 cm³/mol. The molecular weight excluding hydrogens is 206 g/mol. The van der Waals surface area contributed by atoms with E-state index >= 15 is 0 Å². The van der Waals surface area contributed by atoms with Gasteiger partial charge in [0.1, 0.15) is 0 Å². The summed E-state index contributed by atoms with van der Waals surface area (Å²) in [6.07, 6.45) is 0. The van der Waals surface area contributed by atoms with Crippen LogP contribution in [-0.2, 0) is 14.9 Å². The van der Waals surface area contributed by atoms with Crippen LogP contribution in [0.1, 0.15) is 27.7 Å². The second-order valence-corrected chi connectivity index (χ2v) is 5.38. The summed E-state index contributed by atoms with van der Waals surface area (Å²) in [4.78, 5) is 11.4. The maximum Gasteiger partial charge on any atom is 0.277 e. The molecule has 0 radical (unpaired) electrons. The quantitative estimate of drug-likeness (QED) is 0.677. The van der Waals surface area contributed by atoms with Crippen molar-refractivity contribution in [1.29, 1.82) is 0 Å². The van der Waals surface area contributed by atoms with Gasteiger partial charge in [-0.2, -0.15) is 8.42 Å². The van der Waals surface area contributed by atoms with Crippen LogP contribution >= 0.6 is 0 Å². The molecule has 0 bridgehead atoms. The number of carbonyl (C=O) groups is 1. The van der Waals surface area contributed by atoms with Crippen molar-refractivity contribution in [2.45, 2.75) is 39.0 Å². The Balaban J connectivity index is 4.78. The molecule has 14 heavy (non-hydrogen) atoms. The van der Waals surface area contributed by atoms with Gasteiger partial charge in [-0.1, -0.05) is 13.8 Å². The lowest BCUT2D eigenvalue weighted by molar-refractivity contribution is -0.121. The van der Waals surface area contributed by atoms with Crippen LogP contribution < -0.4 is 5.32 Å². The van der Waals surface area contributed by atoms with Crippen molar-refractivity contribution in [3.05, 3.63) is 0 Å². The molecule has 0 aliphatic rings. The average Bonchev–Trinajstić information content (AvgIpc) is 1.78. The third kappa shape index (κ3) is 4.06. The Morgan fingerprint density at radius 2 is 1.64 bits per heavy atom. The zero-order chi connectivity index (χ0) is 11.5. The normalized spacial score (nSPS) is 14.5. The molecule has 0 aliphatic carbocycles. The van der Waals surface area contributed by atoms with Crippen LogP contribution in [0.15, 0.2) is 0 Å². The first-order chi connectivity index (χ1) is 6.16. The molecule has 1 unspecified atom stereocenters. The molecular formula is C8H17NO4S. The van der Waals surface area contributed by atoms with E-state index in [1.807, 2.05) is 0 Å². The van der Waals surface area contributed by atoms with E-state index in [-0.39, 0.29) is 6.04 Å². The summed E-state index contributed by atoms with van der Waals surface area (Å²) in [6, 6.07) is -0.148. The summed E-state index contributed by atoms with van der Waals surface area (Å²) >= 11 is 0. The third-order valence-corrected chi connectivity index (χ3v) is 3.02. The van der Waals surface area contributed by atoms with Gasteiger partial charge in [-0.05, 0) is 19.8 Å². The molecule has 0 rings (SSSR count). The average molecular weight is 223 g/mol. The van der Waals surface area contributed by atoms with Gasteiger partial charge in [0.15, 0.2) is 5.25 Å². The SMILES string of the molecule is CC(C)NC(=O)C(C(C)C)S(=O)(=O)O. The summed E-state index contributed by atoms with van der Waals surface area (Å²) < 4.78 is 30.6. The number of carbonyl (C=O) groups excluding carboxylic acids is 1. The minimum atomic E-state index is -4.32. The molecule has 84 valence electrons. The predicted octanol–water partition coefficient (Wildman–Crippen LogP) is 0.423. The molecule has 0 heterocycles. The van der Waals surface area contributed by atoms with Crippen molar-refractivity contribution in [1.82, 2.24) is 5.32 Å². The smallest absolute Gasteiger partial charge is 0.277 e. The summed E-state index contributed by atoms with van der Waals surface area (Å²) in [5.41, 5.74) is 0.